The van der Waals surface area contributed by atoms with Gasteiger partial charge in [0.25, 0.3) is 0 Å². The molecule has 2 aliphatic rings. The van der Waals surface area contributed by atoms with Crippen LogP contribution in [0.1, 0.15) is 51.4 Å². The van der Waals surface area contributed by atoms with E-state index in [9.17, 15) is 9.59 Å². The van der Waals surface area contributed by atoms with Crippen molar-refractivity contribution < 1.29 is 14.3 Å². The fraction of sp³-hybridized carbons (Fsp3) is 0.857. The first-order chi connectivity index (χ1) is 9.16. The van der Waals surface area contributed by atoms with Crippen LogP contribution in [0.2, 0.25) is 0 Å². The van der Waals surface area contributed by atoms with Crippen molar-refractivity contribution in [3.05, 3.63) is 0 Å². The molecule has 3 N–H and O–H groups in total. The summed E-state index contributed by atoms with van der Waals surface area (Å²) in [6.45, 7) is 0.627. The van der Waals surface area contributed by atoms with E-state index in [0.717, 1.165) is 25.7 Å². The highest BCUT2D eigenvalue weighted by molar-refractivity contribution is 5.88. The van der Waals surface area contributed by atoms with Crippen LogP contribution in [0.3, 0.4) is 0 Å². The summed E-state index contributed by atoms with van der Waals surface area (Å²) in [4.78, 5) is 23.4. The highest BCUT2D eigenvalue weighted by Crippen LogP contribution is 2.27. The van der Waals surface area contributed by atoms with Gasteiger partial charge in [0.15, 0.2) is 0 Å². The average Bonchev–Trinajstić information content (AvgIpc) is 2.93. The molecule has 0 bridgehead atoms. The Bertz CT molecular complexity index is 321. The number of ether oxygens (including phenoxy) is 1. The third-order valence-electron chi connectivity index (χ3n) is 4.18. The predicted octanol–water partition coefficient (Wildman–Crippen LogP) is 1.11. The van der Waals surface area contributed by atoms with Crippen molar-refractivity contribution in [1.29, 1.82) is 0 Å². The average molecular weight is 268 g/mol. The second kappa shape index (κ2) is 6.89. The minimum Gasteiger partial charge on any atom is -0.368 e. The van der Waals surface area contributed by atoms with Gasteiger partial charge in [-0.3, -0.25) is 9.59 Å². The number of hydrogen-bond donors (Lipinski definition) is 2. The van der Waals surface area contributed by atoms with E-state index in [1.54, 1.807) is 0 Å². The van der Waals surface area contributed by atoms with Gasteiger partial charge in [0.05, 0.1) is 0 Å². The number of carbonyl (C=O) groups excluding carboxylic acids is 2. The van der Waals surface area contributed by atoms with Crippen LogP contribution in [0.4, 0.5) is 0 Å². The molecule has 0 aromatic heterocycles. The number of amides is 2. The topological polar surface area (TPSA) is 81.4 Å². The van der Waals surface area contributed by atoms with E-state index < -0.39 is 18.1 Å². The van der Waals surface area contributed by atoms with Crippen LogP contribution in [0.5, 0.6) is 0 Å². The third-order valence-corrected chi connectivity index (χ3v) is 4.18. The van der Waals surface area contributed by atoms with Gasteiger partial charge in [-0.05, 0) is 25.2 Å². The molecule has 1 heterocycles. The first-order valence-corrected chi connectivity index (χ1v) is 7.38. The van der Waals surface area contributed by atoms with Crippen molar-refractivity contribution in [3.8, 4) is 0 Å². The molecule has 1 saturated carbocycles. The van der Waals surface area contributed by atoms with Crippen molar-refractivity contribution >= 4 is 11.8 Å². The lowest BCUT2D eigenvalue weighted by Crippen LogP contribution is -2.48. The first-order valence-electron chi connectivity index (χ1n) is 7.38. The second-order valence-corrected chi connectivity index (χ2v) is 5.70. The zero-order chi connectivity index (χ0) is 13.7. The van der Waals surface area contributed by atoms with Gasteiger partial charge in [-0.25, -0.2) is 0 Å². The molecule has 2 amide bonds. The Hall–Kier alpha value is -1.10. The van der Waals surface area contributed by atoms with Crippen molar-refractivity contribution in [3.63, 3.8) is 0 Å². The Morgan fingerprint density at radius 3 is 2.47 bits per heavy atom. The quantitative estimate of drug-likeness (QED) is 0.783. The van der Waals surface area contributed by atoms with E-state index in [1.807, 2.05) is 0 Å². The molecule has 1 saturated heterocycles. The van der Waals surface area contributed by atoms with E-state index in [0.29, 0.717) is 18.9 Å². The number of hydrogen-bond acceptors (Lipinski definition) is 3. The standard InChI is InChI=1S/C14H24N2O3/c15-13(17)11(9-10-5-2-1-3-6-10)16-14(18)12-7-4-8-19-12/h10-12H,1-9H2,(H2,15,17)(H,16,18)/t11-,12+/m0/s1. The van der Waals surface area contributed by atoms with E-state index >= 15 is 0 Å². The molecule has 0 unspecified atom stereocenters. The number of rotatable bonds is 5. The van der Waals surface area contributed by atoms with Gasteiger partial charge < -0.3 is 15.8 Å². The van der Waals surface area contributed by atoms with Gasteiger partial charge in [-0.1, -0.05) is 32.1 Å². The molecule has 0 spiro atoms. The summed E-state index contributed by atoms with van der Waals surface area (Å²) in [5.41, 5.74) is 5.41. The molecule has 0 radical (unpaired) electrons. The Labute approximate surface area is 114 Å². The minimum absolute atomic E-state index is 0.183. The van der Waals surface area contributed by atoms with E-state index in [1.165, 1.54) is 19.3 Å². The SMILES string of the molecule is NC(=O)[C@H](CC1CCCCC1)NC(=O)[C@H]1CCCO1. The smallest absolute Gasteiger partial charge is 0.249 e. The highest BCUT2D eigenvalue weighted by Gasteiger charge is 2.29. The third kappa shape index (κ3) is 4.20. The molecule has 0 aromatic carbocycles. The number of carbonyl (C=O) groups is 2. The van der Waals surface area contributed by atoms with Crippen molar-refractivity contribution in [1.82, 2.24) is 5.32 Å². The molecule has 1 aliphatic carbocycles. The summed E-state index contributed by atoms with van der Waals surface area (Å²) >= 11 is 0. The van der Waals surface area contributed by atoms with Gasteiger partial charge in [0.2, 0.25) is 11.8 Å². The van der Waals surface area contributed by atoms with Gasteiger partial charge in [-0.15, -0.1) is 0 Å². The van der Waals surface area contributed by atoms with E-state index in [2.05, 4.69) is 5.32 Å². The van der Waals surface area contributed by atoms with Crippen LogP contribution in [-0.4, -0.2) is 30.6 Å². The van der Waals surface area contributed by atoms with E-state index in [4.69, 9.17) is 10.5 Å². The maximum absolute atomic E-state index is 12.0. The monoisotopic (exact) mass is 268 g/mol. The van der Waals surface area contributed by atoms with Crippen molar-refractivity contribution in [2.75, 3.05) is 6.61 Å². The summed E-state index contributed by atoms with van der Waals surface area (Å²) in [6.07, 6.45) is 7.91. The Balaban J connectivity index is 1.84. The summed E-state index contributed by atoms with van der Waals surface area (Å²) in [7, 11) is 0. The lowest BCUT2D eigenvalue weighted by atomic mass is 9.84. The lowest BCUT2D eigenvalue weighted by Gasteiger charge is -2.26. The summed E-state index contributed by atoms with van der Waals surface area (Å²) < 4.78 is 5.32. The van der Waals surface area contributed by atoms with Crippen LogP contribution in [0.15, 0.2) is 0 Å². The fourth-order valence-electron chi connectivity index (χ4n) is 3.05. The second-order valence-electron chi connectivity index (χ2n) is 5.70. The van der Waals surface area contributed by atoms with Gasteiger partial charge in [0, 0.05) is 6.61 Å². The maximum atomic E-state index is 12.0. The van der Waals surface area contributed by atoms with Crippen LogP contribution >= 0.6 is 0 Å². The van der Waals surface area contributed by atoms with Crippen molar-refractivity contribution in [2.45, 2.75) is 63.5 Å². The van der Waals surface area contributed by atoms with Gasteiger partial charge >= 0.3 is 0 Å². The molecule has 19 heavy (non-hydrogen) atoms. The van der Waals surface area contributed by atoms with Crippen LogP contribution in [0, 0.1) is 5.92 Å². The largest absolute Gasteiger partial charge is 0.368 e. The lowest BCUT2D eigenvalue weighted by molar-refractivity contribution is -0.134. The highest BCUT2D eigenvalue weighted by atomic mass is 16.5. The Kier molecular flexibility index (Phi) is 5.19. The Morgan fingerprint density at radius 2 is 1.89 bits per heavy atom. The molecule has 2 atom stereocenters. The number of nitrogens with two attached hydrogens (primary N) is 1. The predicted molar refractivity (Wildman–Crippen MR) is 71.3 cm³/mol. The molecule has 2 fully saturated rings. The maximum Gasteiger partial charge on any atom is 0.249 e. The summed E-state index contributed by atoms with van der Waals surface area (Å²) in [6, 6.07) is -0.542. The number of nitrogens with one attached hydrogen (secondary N) is 1. The zero-order valence-corrected chi connectivity index (χ0v) is 11.4. The van der Waals surface area contributed by atoms with Crippen LogP contribution in [-0.2, 0) is 14.3 Å². The molecule has 5 nitrogen and oxygen atoms in total. The number of primary amides is 1. The van der Waals surface area contributed by atoms with Gasteiger partial charge in [-0.2, -0.15) is 0 Å². The molecular weight excluding hydrogens is 244 g/mol. The van der Waals surface area contributed by atoms with Crippen LogP contribution < -0.4 is 11.1 Å². The minimum atomic E-state index is -0.542. The molecular formula is C14H24N2O3. The summed E-state index contributed by atoms with van der Waals surface area (Å²) in [5.74, 6) is -0.106. The normalized spacial score (nSPS) is 26.0. The summed E-state index contributed by atoms with van der Waals surface area (Å²) in [5, 5.41) is 2.77. The van der Waals surface area contributed by atoms with Crippen molar-refractivity contribution in [2.24, 2.45) is 11.7 Å². The molecule has 0 aromatic rings. The molecule has 108 valence electrons. The van der Waals surface area contributed by atoms with Gasteiger partial charge in [0.1, 0.15) is 12.1 Å². The molecule has 5 heteroatoms. The van der Waals surface area contributed by atoms with Crippen LogP contribution in [0.25, 0.3) is 0 Å². The molecule has 2 rings (SSSR count). The molecule has 1 aliphatic heterocycles. The Morgan fingerprint density at radius 1 is 1.16 bits per heavy atom. The van der Waals surface area contributed by atoms with E-state index in [-0.39, 0.29) is 5.91 Å². The fourth-order valence-corrected chi connectivity index (χ4v) is 3.05. The zero-order valence-electron chi connectivity index (χ0n) is 11.4. The first kappa shape index (κ1) is 14.3.